The first-order chi connectivity index (χ1) is 14.2. The Morgan fingerprint density at radius 2 is 1.34 bits per heavy atom. The quantitative estimate of drug-likeness (QED) is 0.328. The molecule has 0 spiro atoms. The molecule has 0 radical (unpaired) electrons. The summed E-state index contributed by atoms with van der Waals surface area (Å²) in [7, 11) is 0. The summed E-state index contributed by atoms with van der Waals surface area (Å²) in [4.78, 5) is 3.51. The third kappa shape index (κ3) is 3.27. The molecule has 4 aromatic carbocycles. The molecule has 0 saturated carbocycles. The second kappa shape index (κ2) is 7.14. The SMILES string of the molecule is CC(C)c1cc(-c2ccc3[nH]c4ccccc4c3c2)ccc1Nc1ccccc1. The van der Waals surface area contributed by atoms with Crippen LogP contribution in [0.15, 0.2) is 91.0 Å². The van der Waals surface area contributed by atoms with Crippen molar-refractivity contribution in [3.63, 3.8) is 0 Å². The van der Waals surface area contributed by atoms with Crippen molar-refractivity contribution in [3.8, 4) is 11.1 Å². The van der Waals surface area contributed by atoms with Gasteiger partial charge in [0, 0.05) is 33.2 Å². The number of hydrogen-bond donors (Lipinski definition) is 2. The van der Waals surface area contributed by atoms with Crippen molar-refractivity contribution in [3.05, 3.63) is 96.6 Å². The fourth-order valence-electron chi connectivity index (χ4n) is 4.04. The maximum Gasteiger partial charge on any atom is 0.0465 e. The van der Waals surface area contributed by atoms with Crippen LogP contribution in [-0.2, 0) is 0 Å². The highest BCUT2D eigenvalue weighted by Gasteiger charge is 2.11. The average molecular weight is 377 g/mol. The Bertz CT molecular complexity index is 1300. The number of H-pyrrole nitrogens is 1. The molecule has 0 aliphatic heterocycles. The minimum Gasteiger partial charge on any atom is -0.355 e. The van der Waals surface area contributed by atoms with E-state index < -0.39 is 0 Å². The molecule has 0 unspecified atom stereocenters. The van der Waals surface area contributed by atoms with Crippen molar-refractivity contribution in [2.24, 2.45) is 0 Å². The van der Waals surface area contributed by atoms with Gasteiger partial charge in [-0.15, -0.1) is 0 Å². The highest BCUT2D eigenvalue weighted by atomic mass is 14.9. The van der Waals surface area contributed by atoms with Crippen molar-refractivity contribution in [1.29, 1.82) is 0 Å². The first-order valence-electron chi connectivity index (χ1n) is 10.2. The minimum atomic E-state index is 0.429. The molecule has 29 heavy (non-hydrogen) atoms. The van der Waals surface area contributed by atoms with Crippen molar-refractivity contribution < 1.29 is 0 Å². The van der Waals surface area contributed by atoms with Crippen LogP contribution in [0.25, 0.3) is 32.9 Å². The highest BCUT2D eigenvalue weighted by Crippen LogP contribution is 2.34. The van der Waals surface area contributed by atoms with Gasteiger partial charge in [-0.2, -0.15) is 0 Å². The molecule has 2 heteroatoms. The minimum absolute atomic E-state index is 0.429. The number of aromatic amines is 1. The van der Waals surface area contributed by atoms with Gasteiger partial charge < -0.3 is 10.3 Å². The predicted molar refractivity (Wildman–Crippen MR) is 125 cm³/mol. The lowest BCUT2D eigenvalue weighted by Crippen LogP contribution is -1.98. The number of anilines is 2. The van der Waals surface area contributed by atoms with Crippen molar-refractivity contribution in [2.75, 3.05) is 5.32 Å². The summed E-state index contributed by atoms with van der Waals surface area (Å²) in [5.74, 6) is 0.429. The molecule has 1 aromatic heterocycles. The van der Waals surface area contributed by atoms with Gasteiger partial charge in [0.1, 0.15) is 0 Å². The van der Waals surface area contributed by atoms with Crippen molar-refractivity contribution >= 4 is 33.2 Å². The molecule has 142 valence electrons. The van der Waals surface area contributed by atoms with Crippen molar-refractivity contribution in [2.45, 2.75) is 19.8 Å². The van der Waals surface area contributed by atoms with E-state index in [-0.39, 0.29) is 0 Å². The van der Waals surface area contributed by atoms with Crippen LogP contribution in [0.4, 0.5) is 11.4 Å². The second-order valence-corrected chi connectivity index (χ2v) is 7.88. The summed E-state index contributed by atoms with van der Waals surface area (Å²) in [6, 6.07) is 32.3. The Kier molecular flexibility index (Phi) is 4.33. The summed E-state index contributed by atoms with van der Waals surface area (Å²) in [6.07, 6.45) is 0. The average Bonchev–Trinajstić information content (AvgIpc) is 3.12. The van der Waals surface area contributed by atoms with Crippen LogP contribution < -0.4 is 5.32 Å². The first-order valence-corrected chi connectivity index (χ1v) is 10.2. The van der Waals surface area contributed by atoms with Crippen LogP contribution in [-0.4, -0.2) is 4.98 Å². The molecule has 0 atom stereocenters. The standard InChI is InChI=1S/C27H24N2/c1-18(2)23-16-19(12-14-26(23)28-21-8-4-3-5-9-21)20-13-15-27-24(17-20)22-10-6-7-11-25(22)29-27/h3-18,28-29H,1-2H3. The molecule has 0 amide bonds. The van der Waals surface area contributed by atoms with Gasteiger partial charge in [-0.25, -0.2) is 0 Å². The number of para-hydroxylation sites is 2. The van der Waals surface area contributed by atoms with E-state index in [9.17, 15) is 0 Å². The summed E-state index contributed by atoms with van der Waals surface area (Å²) in [6.45, 7) is 4.50. The molecule has 5 aromatic rings. The van der Waals surface area contributed by atoms with Gasteiger partial charge in [0.25, 0.3) is 0 Å². The maximum absolute atomic E-state index is 3.58. The third-order valence-corrected chi connectivity index (χ3v) is 5.57. The zero-order chi connectivity index (χ0) is 19.8. The topological polar surface area (TPSA) is 27.8 Å². The van der Waals surface area contributed by atoms with E-state index in [0.717, 1.165) is 5.69 Å². The van der Waals surface area contributed by atoms with E-state index in [1.807, 2.05) is 6.07 Å². The van der Waals surface area contributed by atoms with Crippen molar-refractivity contribution in [1.82, 2.24) is 4.98 Å². The van der Waals surface area contributed by atoms with Crippen LogP contribution in [0.3, 0.4) is 0 Å². The number of fused-ring (bicyclic) bond motifs is 3. The number of hydrogen-bond acceptors (Lipinski definition) is 1. The Balaban J connectivity index is 1.58. The molecule has 2 N–H and O–H groups in total. The van der Waals surface area contributed by atoms with E-state index in [2.05, 4.69) is 109 Å². The van der Waals surface area contributed by atoms with Crippen LogP contribution >= 0.6 is 0 Å². The lowest BCUT2D eigenvalue weighted by Gasteiger charge is -2.17. The molecule has 0 aliphatic carbocycles. The largest absolute Gasteiger partial charge is 0.355 e. The van der Waals surface area contributed by atoms with Crippen LogP contribution in [0.5, 0.6) is 0 Å². The molecule has 2 nitrogen and oxygen atoms in total. The highest BCUT2D eigenvalue weighted by molar-refractivity contribution is 6.08. The van der Waals surface area contributed by atoms with E-state index in [4.69, 9.17) is 0 Å². The molecular formula is C27H24N2. The van der Waals surface area contributed by atoms with Crippen LogP contribution in [0, 0.1) is 0 Å². The Hall–Kier alpha value is -3.52. The maximum atomic E-state index is 3.58. The fraction of sp³-hybridized carbons (Fsp3) is 0.111. The molecule has 5 rings (SSSR count). The Morgan fingerprint density at radius 1 is 0.655 bits per heavy atom. The summed E-state index contributed by atoms with van der Waals surface area (Å²) in [5, 5.41) is 6.12. The number of rotatable bonds is 4. The first kappa shape index (κ1) is 17.6. The predicted octanol–water partition coefficient (Wildman–Crippen LogP) is 7.86. The van der Waals surface area contributed by atoms with Gasteiger partial charge in [-0.05, 0) is 65.1 Å². The normalized spacial score (nSPS) is 11.4. The smallest absolute Gasteiger partial charge is 0.0465 e. The molecule has 0 aliphatic rings. The van der Waals surface area contributed by atoms with E-state index in [1.165, 1.54) is 44.2 Å². The van der Waals surface area contributed by atoms with Gasteiger partial charge in [0.05, 0.1) is 0 Å². The number of aromatic nitrogens is 1. The zero-order valence-corrected chi connectivity index (χ0v) is 16.7. The fourth-order valence-corrected chi connectivity index (χ4v) is 4.04. The van der Waals surface area contributed by atoms with Gasteiger partial charge in [-0.1, -0.05) is 62.4 Å². The lowest BCUT2D eigenvalue weighted by atomic mass is 9.94. The summed E-state index contributed by atoms with van der Waals surface area (Å²) in [5.41, 5.74) is 8.47. The van der Waals surface area contributed by atoms with Gasteiger partial charge in [0.2, 0.25) is 0 Å². The van der Waals surface area contributed by atoms with Gasteiger partial charge >= 0.3 is 0 Å². The number of benzene rings is 4. The van der Waals surface area contributed by atoms with Crippen LogP contribution in [0.1, 0.15) is 25.3 Å². The van der Waals surface area contributed by atoms with E-state index in [0.29, 0.717) is 5.92 Å². The summed E-state index contributed by atoms with van der Waals surface area (Å²) < 4.78 is 0. The van der Waals surface area contributed by atoms with E-state index in [1.54, 1.807) is 0 Å². The zero-order valence-electron chi connectivity index (χ0n) is 16.7. The lowest BCUT2D eigenvalue weighted by molar-refractivity contribution is 0.869. The van der Waals surface area contributed by atoms with Gasteiger partial charge in [0.15, 0.2) is 0 Å². The third-order valence-electron chi connectivity index (χ3n) is 5.57. The van der Waals surface area contributed by atoms with Gasteiger partial charge in [-0.3, -0.25) is 0 Å². The molecule has 1 heterocycles. The molecule has 0 saturated heterocycles. The number of nitrogens with one attached hydrogen (secondary N) is 2. The summed E-state index contributed by atoms with van der Waals surface area (Å²) >= 11 is 0. The monoisotopic (exact) mass is 376 g/mol. The van der Waals surface area contributed by atoms with E-state index >= 15 is 0 Å². The molecule has 0 bridgehead atoms. The second-order valence-electron chi connectivity index (χ2n) is 7.88. The molecular weight excluding hydrogens is 352 g/mol. The molecule has 0 fully saturated rings. The van der Waals surface area contributed by atoms with Crippen LogP contribution in [0.2, 0.25) is 0 Å². The Labute approximate surface area is 171 Å². The Morgan fingerprint density at radius 3 is 2.17 bits per heavy atom.